The highest BCUT2D eigenvalue weighted by molar-refractivity contribution is 5.82. The summed E-state index contributed by atoms with van der Waals surface area (Å²) in [5.74, 6) is 1.21. The van der Waals surface area contributed by atoms with Gasteiger partial charge in [0.05, 0.1) is 17.1 Å². The Morgan fingerprint density at radius 3 is 2.77 bits per heavy atom. The number of benzene rings is 1. The van der Waals surface area contributed by atoms with Crippen LogP contribution < -0.4 is 4.90 Å². The standard InChI is InChI=1S/C23H26N6O/c1-16-13-26-23(27-14-16)28-10-11-29-19(15-28)12-18(22(29)30)6-2-4-17-5-3-7-20-21(17)25-9-8-24-20/h3,5,7-9,13-14,18-19H,2,4,6,10-12,15H2,1H3/t18-,19-/m0/s1. The van der Waals surface area contributed by atoms with Gasteiger partial charge in [-0.2, -0.15) is 0 Å². The van der Waals surface area contributed by atoms with E-state index in [1.165, 1.54) is 5.56 Å². The summed E-state index contributed by atoms with van der Waals surface area (Å²) in [4.78, 5) is 35.0. The largest absolute Gasteiger partial charge is 0.337 e. The molecule has 154 valence electrons. The van der Waals surface area contributed by atoms with Crippen LogP contribution in [0.2, 0.25) is 0 Å². The summed E-state index contributed by atoms with van der Waals surface area (Å²) in [6.07, 6.45) is 10.9. The lowest BCUT2D eigenvalue weighted by Crippen LogP contribution is -2.52. The molecule has 0 unspecified atom stereocenters. The van der Waals surface area contributed by atoms with Gasteiger partial charge >= 0.3 is 0 Å². The van der Waals surface area contributed by atoms with E-state index in [1.54, 1.807) is 12.4 Å². The molecule has 2 aromatic heterocycles. The van der Waals surface area contributed by atoms with Gasteiger partial charge in [-0.1, -0.05) is 12.1 Å². The number of rotatable bonds is 5. The van der Waals surface area contributed by atoms with Crippen molar-refractivity contribution in [2.24, 2.45) is 5.92 Å². The predicted molar refractivity (Wildman–Crippen MR) is 115 cm³/mol. The summed E-state index contributed by atoms with van der Waals surface area (Å²) in [6.45, 7) is 4.37. The molecule has 1 amide bonds. The Kier molecular flexibility index (Phi) is 5.02. The van der Waals surface area contributed by atoms with Crippen LogP contribution in [-0.2, 0) is 11.2 Å². The molecule has 2 saturated heterocycles. The first-order valence-corrected chi connectivity index (χ1v) is 10.7. The molecule has 30 heavy (non-hydrogen) atoms. The Morgan fingerprint density at radius 2 is 1.90 bits per heavy atom. The molecule has 0 aliphatic carbocycles. The zero-order chi connectivity index (χ0) is 20.5. The van der Waals surface area contributed by atoms with Crippen molar-refractivity contribution in [3.8, 4) is 0 Å². The van der Waals surface area contributed by atoms with Gasteiger partial charge in [0.15, 0.2) is 0 Å². The molecule has 4 heterocycles. The molecule has 0 saturated carbocycles. The van der Waals surface area contributed by atoms with E-state index in [1.807, 2.05) is 31.5 Å². The highest BCUT2D eigenvalue weighted by Crippen LogP contribution is 2.32. The molecule has 0 radical (unpaired) electrons. The lowest BCUT2D eigenvalue weighted by molar-refractivity contribution is -0.132. The fourth-order valence-corrected chi connectivity index (χ4v) is 4.78. The number of nitrogens with zero attached hydrogens (tertiary/aromatic N) is 6. The van der Waals surface area contributed by atoms with Crippen LogP contribution in [0.4, 0.5) is 5.95 Å². The fourth-order valence-electron chi connectivity index (χ4n) is 4.78. The number of amides is 1. The molecule has 0 bridgehead atoms. The van der Waals surface area contributed by atoms with Crippen molar-refractivity contribution < 1.29 is 4.79 Å². The van der Waals surface area contributed by atoms with Gasteiger partial charge in [-0.25, -0.2) is 9.97 Å². The monoisotopic (exact) mass is 402 g/mol. The van der Waals surface area contributed by atoms with Crippen LogP contribution in [0.3, 0.4) is 0 Å². The molecule has 3 aromatic rings. The number of hydrogen-bond donors (Lipinski definition) is 0. The molecule has 5 rings (SSSR count). The number of aryl methyl sites for hydroxylation is 2. The molecule has 0 spiro atoms. The minimum atomic E-state index is 0.120. The van der Waals surface area contributed by atoms with Gasteiger partial charge < -0.3 is 9.80 Å². The number of carbonyl (C=O) groups is 1. The summed E-state index contributed by atoms with van der Waals surface area (Å²) >= 11 is 0. The van der Waals surface area contributed by atoms with Crippen molar-refractivity contribution in [3.63, 3.8) is 0 Å². The van der Waals surface area contributed by atoms with Crippen LogP contribution >= 0.6 is 0 Å². The third kappa shape index (κ3) is 3.60. The molecule has 7 nitrogen and oxygen atoms in total. The number of hydrogen-bond acceptors (Lipinski definition) is 6. The number of anilines is 1. The first-order valence-electron chi connectivity index (χ1n) is 10.7. The predicted octanol–water partition coefficient (Wildman–Crippen LogP) is 2.79. The maximum absolute atomic E-state index is 12.9. The minimum Gasteiger partial charge on any atom is -0.337 e. The van der Waals surface area contributed by atoms with Gasteiger partial charge in [-0.15, -0.1) is 0 Å². The second-order valence-corrected chi connectivity index (χ2v) is 8.36. The van der Waals surface area contributed by atoms with Crippen LogP contribution in [0.15, 0.2) is 43.0 Å². The quantitative estimate of drug-likeness (QED) is 0.653. The number of aromatic nitrogens is 4. The van der Waals surface area contributed by atoms with Gasteiger partial charge in [0, 0.05) is 50.3 Å². The normalized spacial score (nSPS) is 21.3. The Hall–Kier alpha value is -3.09. The van der Waals surface area contributed by atoms with E-state index in [0.29, 0.717) is 5.91 Å². The first kappa shape index (κ1) is 18.9. The van der Waals surface area contributed by atoms with Gasteiger partial charge in [-0.3, -0.25) is 14.8 Å². The summed E-state index contributed by atoms with van der Waals surface area (Å²) in [5, 5.41) is 0. The molecule has 2 fully saturated rings. The lowest BCUT2D eigenvalue weighted by Gasteiger charge is -2.37. The molecule has 2 aliphatic heterocycles. The molecule has 1 aromatic carbocycles. The molecular formula is C23H26N6O. The molecule has 0 N–H and O–H groups in total. The van der Waals surface area contributed by atoms with E-state index in [4.69, 9.17) is 0 Å². The van der Waals surface area contributed by atoms with E-state index < -0.39 is 0 Å². The second kappa shape index (κ2) is 7.97. The van der Waals surface area contributed by atoms with Crippen molar-refractivity contribution in [1.82, 2.24) is 24.8 Å². The molecule has 2 atom stereocenters. The van der Waals surface area contributed by atoms with Gasteiger partial charge in [0.1, 0.15) is 0 Å². The second-order valence-electron chi connectivity index (χ2n) is 8.36. The summed E-state index contributed by atoms with van der Waals surface area (Å²) in [7, 11) is 0. The fraction of sp³-hybridized carbons (Fsp3) is 0.435. The maximum Gasteiger partial charge on any atom is 0.226 e. The number of fused-ring (bicyclic) bond motifs is 2. The Labute approximate surface area is 176 Å². The maximum atomic E-state index is 12.9. The summed E-state index contributed by atoms with van der Waals surface area (Å²) in [6, 6.07) is 6.42. The highest BCUT2D eigenvalue weighted by atomic mass is 16.2. The minimum absolute atomic E-state index is 0.120. The molecular weight excluding hydrogens is 376 g/mol. The number of para-hydroxylation sites is 1. The average Bonchev–Trinajstić information content (AvgIpc) is 3.09. The first-order chi connectivity index (χ1) is 14.7. The molecule has 7 heteroatoms. The third-order valence-electron chi connectivity index (χ3n) is 6.30. The van der Waals surface area contributed by atoms with Crippen molar-refractivity contribution in [2.45, 2.75) is 38.6 Å². The van der Waals surface area contributed by atoms with Crippen LogP contribution in [0.5, 0.6) is 0 Å². The van der Waals surface area contributed by atoms with Crippen molar-refractivity contribution in [2.75, 3.05) is 24.5 Å². The van der Waals surface area contributed by atoms with Crippen molar-refractivity contribution in [3.05, 3.63) is 54.1 Å². The SMILES string of the molecule is Cc1cnc(N2CCN3C(=O)[C@@H](CCCc4cccc5nccnc45)C[C@H]3C2)nc1. The van der Waals surface area contributed by atoms with Gasteiger partial charge in [-0.05, 0) is 49.8 Å². The zero-order valence-electron chi connectivity index (χ0n) is 17.2. The van der Waals surface area contributed by atoms with Crippen LogP contribution in [0, 0.1) is 12.8 Å². The van der Waals surface area contributed by atoms with Crippen LogP contribution in [-0.4, -0.2) is 56.4 Å². The van der Waals surface area contributed by atoms with Crippen LogP contribution in [0.25, 0.3) is 11.0 Å². The summed E-state index contributed by atoms with van der Waals surface area (Å²) < 4.78 is 0. The van der Waals surface area contributed by atoms with E-state index in [2.05, 4.69) is 35.8 Å². The van der Waals surface area contributed by atoms with E-state index >= 15 is 0 Å². The van der Waals surface area contributed by atoms with E-state index in [0.717, 1.165) is 67.9 Å². The zero-order valence-corrected chi connectivity index (χ0v) is 17.2. The van der Waals surface area contributed by atoms with E-state index in [-0.39, 0.29) is 12.0 Å². The van der Waals surface area contributed by atoms with Crippen molar-refractivity contribution in [1.29, 1.82) is 0 Å². The number of piperazine rings is 1. The Bertz CT molecular complexity index is 1050. The third-order valence-corrected chi connectivity index (χ3v) is 6.30. The van der Waals surface area contributed by atoms with Crippen LogP contribution in [0.1, 0.15) is 30.4 Å². The topological polar surface area (TPSA) is 75.1 Å². The van der Waals surface area contributed by atoms with Gasteiger partial charge in [0.2, 0.25) is 11.9 Å². The lowest BCUT2D eigenvalue weighted by atomic mass is 9.96. The average molecular weight is 403 g/mol. The Balaban J connectivity index is 1.20. The Morgan fingerprint density at radius 1 is 1.07 bits per heavy atom. The van der Waals surface area contributed by atoms with Crippen molar-refractivity contribution >= 4 is 22.9 Å². The number of carbonyl (C=O) groups excluding carboxylic acids is 1. The molecule has 2 aliphatic rings. The van der Waals surface area contributed by atoms with Gasteiger partial charge in [0.25, 0.3) is 0 Å². The van der Waals surface area contributed by atoms with E-state index in [9.17, 15) is 4.79 Å². The highest BCUT2D eigenvalue weighted by Gasteiger charge is 2.42. The smallest absolute Gasteiger partial charge is 0.226 e. The summed E-state index contributed by atoms with van der Waals surface area (Å²) in [5.41, 5.74) is 4.18.